The average Bonchev–Trinajstić information content (AvgIpc) is 2.23. The molecule has 5 nitrogen and oxygen atoms in total. The van der Waals surface area contributed by atoms with Crippen LogP contribution in [0.1, 0.15) is 19.3 Å². The summed E-state index contributed by atoms with van der Waals surface area (Å²) in [4.78, 5) is 16.1. The molecule has 1 aliphatic carbocycles. The van der Waals surface area contributed by atoms with Gasteiger partial charge in [-0.2, -0.15) is 0 Å². The van der Waals surface area contributed by atoms with E-state index in [-0.39, 0.29) is 12.1 Å². The summed E-state index contributed by atoms with van der Waals surface area (Å²) in [5.41, 5.74) is 5.72. The molecule has 2 aliphatic rings. The van der Waals surface area contributed by atoms with E-state index in [4.69, 9.17) is 5.73 Å². The Morgan fingerprint density at radius 1 is 1.44 bits per heavy atom. The first-order valence-corrected chi connectivity index (χ1v) is 6.16. The number of likely N-dealkylation sites (N-methyl/N-ethyl adjacent to an activating group) is 1. The normalized spacial score (nSPS) is 27.6. The second kappa shape index (κ2) is 5.01. The lowest BCUT2D eigenvalue weighted by Crippen LogP contribution is -2.60. The topological polar surface area (TPSA) is 61.6 Å². The minimum Gasteiger partial charge on any atom is -0.335 e. The molecule has 16 heavy (non-hydrogen) atoms. The third-order valence-corrected chi connectivity index (χ3v) is 3.65. The Morgan fingerprint density at radius 3 is 2.75 bits per heavy atom. The summed E-state index contributed by atoms with van der Waals surface area (Å²) in [5, 5.41) is 3.08. The number of piperazine rings is 1. The Morgan fingerprint density at radius 2 is 2.19 bits per heavy atom. The fourth-order valence-electron chi connectivity index (χ4n) is 2.29. The van der Waals surface area contributed by atoms with Gasteiger partial charge < -0.3 is 20.9 Å². The molecule has 92 valence electrons. The highest BCUT2D eigenvalue weighted by Crippen LogP contribution is 2.19. The van der Waals surface area contributed by atoms with Gasteiger partial charge in [0.25, 0.3) is 0 Å². The molecule has 2 fully saturated rings. The van der Waals surface area contributed by atoms with E-state index in [1.165, 1.54) is 6.42 Å². The predicted octanol–water partition coefficient (Wildman–Crippen LogP) is -0.177. The predicted molar refractivity (Wildman–Crippen MR) is 63.2 cm³/mol. The van der Waals surface area contributed by atoms with Gasteiger partial charge in [0.1, 0.15) is 0 Å². The Balaban J connectivity index is 1.87. The minimum atomic E-state index is 0.0771. The van der Waals surface area contributed by atoms with Crippen molar-refractivity contribution in [3.63, 3.8) is 0 Å². The van der Waals surface area contributed by atoms with E-state index in [0.29, 0.717) is 12.6 Å². The van der Waals surface area contributed by atoms with Crippen molar-refractivity contribution in [1.29, 1.82) is 0 Å². The van der Waals surface area contributed by atoms with E-state index >= 15 is 0 Å². The minimum absolute atomic E-state index is 0.0771. The number of hydrogen-bond donors (Lipinski definition) is 2. The molecular formula is C11H22N4O. The zero-order valence-electron chi connectivity index (χ0n) is 9.98. The van der Waals surface area contributed by atoms with Gasteiger partial charge in [-0.1, -0.05) is 0 Å². The fourth-order valence-corrected chi connectivity index (χ4v) is 2.29. The van der Waals surface area contributed by atoms with Crippen LogP contribution in [0.2, 0.25) is 0 Å². The number of rotatable bonds is 2. The third-order valence-electron chi connectivity index (χ3n) is 3.65. The zero-order valence-corrected chi connectivity index (χ0v) is 9.98. The number of hydrogen-bond acceptors (Lipinski definition) is 3. The second-order valence-corrected chi connectivity index (χ2v) is 4.92. The van der Waals surface area contributed by atoms with Crippen molar-refractivity contribution in [2.45, 2.75) is 31.3 Å². The van der Waals surface area contributed by atoms with Crippen molar-refractivity contribution >= 4 is 6.03 Å². The molecule has 1 saturated carbocycles. The maximum absolute atomic E-state index is 12.0. The van der Waals surface area contributed by atoms with E-state index in [2.05, 4.69) is 17.3 Å². The van der Waals surface area contributed by atoms with E-state index in [0.717, 1.165) is 32.5 Å². The number of carbonyl (C=O) groups is 1. The molecule has 1 saturated heterocycles. The van der Waals surface area contributed by atoms with Gasteiger partial charge in [-0.15, -0.1) is 0 Å². The molecule has 3 N–H and O–H groups in total. The van der Waals surface area contributed by atoms with Crippen LogP contribution in [0, 0.1) is 0 Å². The summed E-state index contributed by atoms with van der Waals surface area (Å²) >= 11 is 0. The smallest absolute Gasteiger partial charge is 0.317 e. The van der Waals surface area contributed by atoms with E-state index in [1.807, 2.05) is 4.90 Å². The molecule has 0 bridgehead atoms. The van der Waals surface area contributed by atoms with Gasteiger partial charge in [0.05, 0.1) is 6.04 Å². The number of carbonyl (C=O) groups excluding carboxylic acids is 1. The fraction of sp³-hybridized carbons (Fsp3) is 0.909. The number of amides is 2. The standard InChI is InChI=1S/C11H22N4O/c1-14-5-6-15(10(7-12)8-14)11(16)13-9-3-2-4-9/h9-10H,2-8,12H2,1H3,(H,13,16). The number of nitrogens with one attached hydrogen (secondary N) is 1. The van der Waals surface area contributed by atoms with Crippen molar-refractivity contribution in [2.75, 3.05) is 33.2 Å². The molecule has 1 atom stereocenters. The monoisotopic (exact) mass is 226 g/mol. The van der Waals surface area contributed by atoms with Gasteiger partial charge >= 0.3 is 6.03 Å². The lowest BCUT2D eigenvalue weighted by atomic mass is 9.93. The summed E-state index contributed by atoms with van der Waals surface area (Å²) < 4.78 is 0. The second-order valence-electron chi connectivity index (χ2n) is 4.92. The van der Waals surface area contributed by atoms with Crippen LogP contribution in [0.25, 0.3) is 0 Å². The molecular weight excluding hydrogens is 204 g/mol. The summed E-state index contributed by atoms with van der Waals surface area (Å²) in [6.07, 6.45) is 3.51. The lowest BCUT2D eigenvalue weighted by molar-refractivity contribution is 0.107. The van der Waals surface area contributed by atoms with Crippen LogP contribution in [-0.4, -0.2) is 61.1 Å². The van der Waals surface area contributed by atoms with Crippen LogP contribution >= 0.6 is 0 Å². The highest BCUT2D eigenvalue weighted by atomic mass is 16.2. The van der Waals surface area contributed by atoms with Gasteiger partial charge in [0.2, 0.25) is 0 Å². The molecule has 0 spiro atoms. The largest absolute Gasteiger partial charge is 0.335 e. The van der Waals surface area contributed by atoms with Crippen LogP contribution in [-0.2, 0) is 0 Å². The molecule has 0 aromatic carbocycles. The Labute approximate surface area is 96.9 Å². The van der Waals surface area contributed by atoms with Gasteiger partial charge in [0, 0.05) is 32.2 Å². The third kappa shape index (κ3) is 2.47. The SMILES string of the molecule is CN1CCN(C(=O)NC2CCC2)C(CN)C1. The molecule has 1 aliphatic heterocycles. The lowest BCUT2D eigenvalue weighted by Gasteiger charge is -2.40. The number of nitrogens with two attached hydrogens (primary N) is 1. The first-order valence-electron chi connectivity index (χ1n) is 6.16. The van der Waals surface area contributed by atoms with Crippen LogP contribution in [0.3, 0.4) is 0 Å². The van der Waals surface area contributed by atoms with E-state index in [9.17, 15) is 4.79 Å². The molecule has 2 amide bonds. The molecule has 0 aromatic rings. The van der Waals surface area contributed by atoms with Gasteiger partial charge in [0.15, 0.2) is 0 Å². The van der Waals surface area contributed by atoms with Crippen LogP contribution < -0.4 is 11.1 Å². The molecule has 2 rings (SSSR count). The van der Waals surface area contributed by atoms with Crippen LogP contribution in [0.4, 0.5) is 4.79 Å². The summed E-state index contributed by atoms with van der Waals surface area (Å²) in [5.74, 6) is 0. The molecule has 0 radical (unpaired) electrons. The number of nitrogens with zero attached hydrogens (tertiary/aromatic N) is 2. The Kier molecular flexibility index (Phi) is 3.66. The highest BCUT2D eigenvalue weighted by Gasteiger charge is 2.30. The zero-order chi connectivity index (χ0) is 11.5. The average molecular weight is 226 g/mol. The van der Waals surface area contributed by atoms with Gasteiger partial charge in [-0.3, -0.25) is 0 Å². The first kappa shape index (κ1) is 11.7. The summed E-state index contributed by atoms with van der Waals surface area (Å²) in [7, 11) is 2.07. The molecule has 1 heterocycles. The van der Waals surface area contributed by atoms with Gasteiger partial charge in [-0.05, 0) is 26.3 Å². The summed E-state index contributed by atoms with van der Waals surface area (Å²) in [6, 6.07) is 0.651. The quantitative estimate of drug-likeness (QED) is 0.687. The van der Waals surface area contributed by atoms with Crippen LogP contribution in [0.5, 0.6) is 0 Å². The Hall–Kier alpha value is -0.810. The van der Waals surface area contributed by atoms with Gasteiger partial charge in [-0.25, -0.2) is 4.79 Å². The van der Waals surface area contributed by atoms with Crippen molar-refractivity contribution < 1.29 is 4.79 Å². The van der Waals surface area contributed by atoms with Crippen molar-refractivity contribution in [2.24, 2.45) is 5.73 Å². The maximum atomic E-state index is 12.0. The molecule has 5 heteroatoms. The van der Waals surface area contributed by atoms with E-state index < -0.39 is 0 Å². The first-order chi connectivity index (χ1) is 7.70. The van der Waals surface area contributed by atoms with Crippen molar-refractivity contribution in [3.8, 4) is 0 Å². The maximum Gasteiger partial charge on any atom is 0.317 e. The summed E-state index contributed by atoms with van der Waals surface area (Å²) in [6.45, 7) is 3.16. The van der Waals surface area contributed by atoms with Crippen molar-refractivity contribution in [3.05, 3.63) is 0 Å². The highest BCUT2D eigenvalue weighted by molar-refractivity contribution is 5.75. The van der Waals surface area contributed by atoms with E-state index in [1.54, 1.807) is 0 Å². The number of urea groups is 1. The molecule has 0 aromatic heterocycles. The van der Waals surface area contributed by atoms with Crippen molar-refractivity contribution in [1.82, 2.24) is 15.1 Å². The Bertz CT molecular complexity index is 254. The molecule has 1 unspecified atom stereocenters. The van der Waals surface area contributed by atoms with Crippen LogP contribution in [0.15, 0.2) is 0 Å².